The Hall–Kier alpha value is -1.24. The molecule has 0 aromatic carbocycles. The van der Waals surface area contributed by atoms with Crippen LogP contribution in [-0.2, 0) is 0 Å². The first-order valence-electron chi connectivity index (χ1n) is 4.32. The van der Waals surface area contributed by atoms with Crippen LogP contribution in [0.25, 0.3) is 0 Å². The predicted octanol–water partition coefficient (Wildman–Crippen LogP) is 3.32. The first-order chi connectivity index (χ1) is 5.86. The van der Waals surface area contributed by atoms with Gasteiger partial charge in [-0.3, -0.25) is 0 Å². The summed E-state index contributed by atoms with van der Waals surface area (Å²) in [6.07, 6.45) is 2.01. The van der Waals surface area contributed by atoms with Crippen molar-refractivity contribution in [3.05, 3.63) is 47.2 Å². The molecule has 0 aliphatic carbocycles. The van der Waals surface area contributed by atoms with Gasteiger partial charge in [0.25, 0.3) is 0 Å². The Morgan fingerprint density at radius 1 is 1.08 bits per heavy atom. The van der Waals surface area contributed by atoms with E-state index in [0.29, 0.717) is 0 Å². The SMILES string of the molecule is C=C(C)/C=C(C)\C(C(=C)C)=C(\C)N. The van der Waals surface area contributed by atoms with Gasteiger partial charge in [0.15, 0.2) is 0 Å². The molecule has 0 aromatic rings. The highest BCUT2D eigenvalue weighted by molar-refractivity contribution is 5.47. The minimum Gasteiger partial charge on any atom is -0.402 e. The summed E-state index contributed by atoms with van der Waals surface area (Å²) in [5.74, 6) is 0. The number of allylic oxidation sites excluding steroid dienone is 6. The van der Waals surface area contributed by atoms with E-state index in [4.69, 9.17) is 5.73 Å². The van der Waals surface area contributed by atoms with E-state index in [1.807, 2.05) is 33.8 Å². The normalized spacial score (nSPS) is 13.7. The van der Waals surface area contributed by atoms with Crippen LogP contribution in [-0.4, -0.2) is 0 Å². The Morgan fingerprint density at radius 3 is 1.77 bits per heavy atom. The van der Waals surface area contributed by atoms with Gasteiger partial charge in [0.2, 0.25) is 0 Å². The lowest BCUT2D eigenvalue weighted by Gasteiger charge is -2.10. The molecule has 0 aliphatic heterocycles. The highest BCUT2D eigenvalue weighted by Gasteiger charge is 2.03. The fraction of sp³-hybridized carbons (Fsp3) is 0.333. The van der Waals surface area contributed by atoms with Crippen molar-refractivity contribution in [2.75, 3.05) is 0 Å². The van der Waals surface area contributed by atoms with Crippen LogP contribution in [0.5, 0.6) is 0 Å². The van der Waals surface area contributed by atoms with Gasteiger partial charge >= 0.3 is 0 Å². The third-order valence-electron chi connectivity index (χ3n) is 1.68. The molecule has 0 fully saturated rings. The molecule has 0 amide bonds. The van der Waals surface area contributed by atoms with Crippen molar-refractivity contribution < 1.29 is 0 Å². The standard InChI is InChI=1S/C12H19N/c1-8(2)7-10(5)12(9(3)4)11(6)13/h7H,1,3,13H2,2,4-6H3/b10-7-,12-11-. The van der Waals surface area contributed by atoms with Crippen LogP contribution in [0.3, 0.4) is 0 Å². The van der Waals surface area contributed by atoms with E-state index < -0.39 is 0 Å². The molecular formula is C12H19N. The van der Waals surface area contributed by atoms with Gasteiger partial charge in [0.05, 0.1) is 0 Å². The average Bonchev–Trinajstić information content (AvgIpc) is 1.81. The van der Waals surface area contributed by atoms with Crippen molar-refractivity contribution in [2.45, 2.75) is 27.7 Å². The Kier molecular flexibility index (Phi) is 4.26. The second-order valence-electron chi connectivity index (χ2n) is 3.51. The van der Waals surface area contributed by atoms with Gasteiger partial charge in [-0.25, -0.2) is 0 Å². The van der Waals surface area contributed by atoms with E-state index in [0.717, 1.165) is 28.0 Å². The van der Waals surface area contributed by atoms with Gasteiger partial charge in [-0.1, -0.05) is 24.8 Å². The maximum Gasteiger partial charge on any atom is 0.0128 e. The maximum absolute atomic E-state index is 5.76. The second kappa shape index (κ2) is 4.70. The van der Waals surface area contributed by atoms with Gasteiger partial charge in [0.1, 0.15) is 0 Å². The van der Waals surface area contributed by atoms with Crippen LogP contribution in [0.15, 0.2) is 47.2 Å². The van der Waals surface area contributed by atoms with Crippen LogP contribution < -0.4 is 5.73 Å². The number of rotatable bonds is 3. The Morgan fingerprint density at radius 2 is 1.54 bits per heavy atom. The van der Waals surface area contributed by atoms with Crippen LogP contribution in [0.2, 0.25) is 0 Å². The highest BCUT2D eigenvalue weighted by Crippen LogP contribution is 2.20. The van der Waals surface area contributed by atoms with Gasteiger partial charge in [0, 0.05) is 5.70 Å². The van der Waals surface area contributed by atoms with E-state index in [1.54, 1.807) is 0 Å². The van der Waals surface area contributed by atoms with E-state index in [2.05, 4.69) is 13.2 Å². The zero-order valence-corrected chi connectivity index (χ0v) is 9.07. The van der Waals surface area contributed by atoms with E-state index in [-0.39, 0.29) is 0 Å². The first-order valence-corrected chi connectivity index (χ1v) is 4.32. The minimum atomic E-state index is 0.808. The molecular weight excluding hydrogens is 158 g/mol. The Balaban J connectivity index is 5.13. The molecule has 1 heteroatoms. The van der Waals surface area contributed by atoms with Gasteiger partial charge < -0.3 is 5.73 Å². The fourth-order valence-electron chi connectivity index (χ4n) is 1.43. The zero-order valence-electron chi connectivity index (χ0n) is 9.07. The summed E-state index contributed by atoms with van der Waals surface area (Å²) in [5, 5.41) is 0. The number of hydrogen-bond donors (Lipinski definition) is 1. The van der Waals surface area contributed by atoms with Gasteiger partial charge in [-0.2, -0.15) is 0 Å². The molecule has 0 heterocycles. The summed E-state index contributed by atoms with van der Waals surface area (Å²) in [6.45, 7) is 15.6. The van der Waals surface area contributed by atoms with E-state index in [9.17, 15) is 0 Å². The molecule has 72 valence electrons. The quantitative estimate of drug-likeness (QED) is 0.657. The van der Waals surface area contributed by atoms with E-state index in [1.165, 1.54) is 0 Å². The minimum absolute atomic E-state index is 0.808. The molecule has 13 heavy (non-hydrogen) atoms. The molecule has 0 atom stereocenters. The fourth-order valence-corrected chi connectivity index (χ4v) is 1.43. The van der Waals surface area contributed by atoms with Crippen molar-refractivity contribution in [2.24, 2.45) is 5.73 Å². The monoisotopic (exact) mass is 177 g/mol. The maximum atomic E-state index is 5.76. The Labute approximate surface area is 81.3 Å². The lowest BCUT2D eigenvalue weighted by molar-refractivity contribution is 1.19. The van der Waals surface area contributed by atoms with Crippen molar-refractivity contribution in [3.63, 3.8) is 0 Å². The third kappa shape index (κ3) is 3.79. The predicted molar refractivity (Wildman–Crippen MR) is 60.3 cm³/mol. The lowest BCUT2D eigenvalue weighted by atomic mass is 9.98. The third-order valence-corrected chi connectivity index (χ3v) is 1.68. The average molecular weight is 177 g/mol. The smallest absolute Gasteiger partial charge is 0.0128 e. The van der Waals surface area contributed by atoms with Crippen LogP contribution in [0.1, 0.15) is 27.7 Å². The Bertz CT molecular complexity index is 286. The second-order valence-corrected chi connectivity index (χ2v) is 3.51. The first kappa shape index (κ1) is 11.8. The molecule has 2 N–H and O–H groups in total. The number of hydrogen-bond acceptors (Lipinski definition) is 1. The summed E-state index contributed by atoms with van der Waals surface area (Å²) in [4.78, 5) is 0. The summed E-state index contributed by atoms with van der Waals surface area (Å²) < 4.78 is 0. The van der Waals surface area contributed by atoms with Crippen LogP contribution in [0, 0.1) is 0 Å². The van der Waals surface area contributed by atoms with Crippen molar-refractivity contribution in [3.8, 4) is 0 Å². The molecule has 0 radical (unpaired) electrons. The molecule has 0 rings (SSSR count). The van der Waals surface area contributed by atoms with Gasteiger partial charge in [-0.15, -0.1) is 0 Å². The molecule has 0 saturated carbocycles. The van der Waals surface area contributed by atoms with Crippen LogP contribution >= 0.6 is 0 Å². The highest BCUT2D eigenvalue weighted by atomic mass is 14.6. The summed E-state index contributed by atoms with van der Waals surface area (Å²) in [7, 11) is 0. The molecule has 0 aliphatic rings. The van der Waals surface area contributed by atoms with Crippen LogP contribution in [0.4, 0.5) is 0 Å². The topological polar surface area (TPSA) is 26.0 Å². The van der Waals surface area contributed by atoms with Crippen molar-refractivity contribution in [1.29, 1.82) is 0 Å². The largest absolute Gasteiger partial charge is 0.402 e. The molecule has 0 spiro atoms. The summed E-state index contributed by atoms with van der Waals surface area (Å²) in [6, 6.07) is 0. The molecule has 0 bridgehead atoms. The molecule has 0 saturated heterocycles. The summed E-state index contributed by atoms with van der Waals surface area (Å²) in [5.41, 5.74) is 10.8. The summed E-state index contributed by atoms with van der Waals surface area (Å²) >= 11 is 0. The van der Waals surface area contributed by atoms with Gasteiger partial charge in [-0.05, 0) is 44.4 Å². The lowest BCUT2D eigenvalue weighted by Crippen LogP contribution is -2.00. The molecule has 1 nitrogen and oxygen atoms in total. The van der Waals surface area contributed by atoms with Crippen molar-refractivity contribution >= 4 is 0 Å². The van der Waals surface area contributed by atoms with E-state index >= 15 is 0 Å². The number of nitrogens with two attached hydrogens (primary N) is 1. The van der Waals surface area contributed by atoms with Crippen molar-refractivity contribution in [1.82, 2.24) is 0 Å². The molecule has 0 unspecified atom stereocenters. The molecule has 0 aromatic heterocycles. The zero-order chi connectivity index (χ0) is 10.6.